The molecule has 2 heterocycles. The van der Waals surface area contributed by atoms with Crippen LogP contribution in [-0.2, 0) is 14.2 Å². The molecule has 0 radical (unpaired) electrons. The highest BCUT2D eigenvalue weighted by molar-refractivity contribution is 14.1. The zero-order valence-electron chi connectivity index (χ0n) is 11.9. The van der Waals surface area contributed by atoms with E-state index in [1.165, 1.54) is 0 Å². The van der Waals surface area contributed by atoms with E-state index in [4.69, 9.17) is 14.2 Å². The lowest BCUT2D eigenvalue weighted by Gasteiger charge is -2.45. The molecule has 2 rings (SSSR count). The van der Waals surface area contributed by atoms with Crippen molar-refractivity contribution >= 4 is 22.6 Å². The van der Waals surface area contributed by atoms with Gasteiger partial charge in [0.15, 0.2) is 12.6 Å². The van der Waals surface area contributed by atoms with Crippen molar-refractivity contribution < 1.29 is 50.0 Å². The minimum Gasteiger partial charge on any atom is -0.394 e. The van der Waals surface area contributed by atoms with Gasteiger partial charge in [0.2, 0.25) is 0 Å². The summed E-state index contributed by atoms with van der Waals surface area (Å²) in [5, 5.41) is 67.9. The van der Waals surface area contributed by atoms with Gasteiger partial charge in [-0.2, -0.15) is 0 Å². The third-order valence-corrected chi connectivity index (χ3v) is 4.82. The average Bonchev–Trinajstić information content (AvgIpc) is 2.55. The summed E-state index contributed by atoms with van der Waals surface area (Å²) in [7, 11) is 0. The maximum absolute atomic E-state index is 9.99. The molecule has 0 saturated carbocycles. The molecule has 11 heteroatoms. The first kappa shape index (κ1) is 19.7. The van der Waals surface area contributed by atoms with Crippen LogP contribution in [0.15, 0.2) is 0 Å². The summed E-state index contributed by atoms with van der Waals surface area (Å²) in [6.45, 7) is -0.630. The molecule has 23 heavy (non-hydrogen) atoms. The number of ether oxygens (including phenoxy) is 3. The van der Waals surface area contributed by atoms with Crippen LogP contribution >= 0.6 is 22.6 Å². The molecule has 2 aliphatic heterocycles. The summed E-state index contributed by atoms with van der Waals surface area (Å²) in [6.07, 6.45) is -14.2. The van der Waals surface area contributed by atoms with Crippen LogP contribution in [0, 0.1) is 0 Å². The van der Waals surface area contributed by atoms with Gasteiger partial charge in [0.25, 0.3) is 0 Å². The fraction of sp³-hybridized carbons (Fsp3) is 1.00. The molecule has 10 nitrogen and oxygen atoms in total. The second kappa shape index (κ2) is 8.14. The highest BCUT2D eigenvalue weighted by Crippen LogP contribution is 2.29. The standard InChI is InChI=1S/C12H21IO10/c13-1-3-5(15)6(16)9(19)12(22-3)23-10-4(2-14)21-11(20)8(18)7(10)17/h3-12,14-20H,1-2H2/t3-,4-,5-,6+,7-,8-,9-,10-,11-,12+/m1/s1. The summed E-state index contributed by atoms with van der Waals surface area (Å²) in [5.41, 5.74) is 0. The van der Waals surface area contributed by atoms with Gasteiger partial charge in [-0.1, -0.05) is 22.6 Å². The van der Waals surface area contributed by atoms with E-state index >= 15 is 0 Å². The number of aliphatic hydroxyl groups is 7. The first-order valence-corrected chi connectivity index (χ1v) is 8.56. The number of halogens is 1. The summed E-state index contributed by atoms with van der Waals surface area (Å²) >= 11 is 1.92. The summed E-state index contributed by atoms with van der Waals surface area (Å²) in [4.78, 5) is 0. The van der Waals surface area contributed by atoms with Crippen molar-refractivity contribution in [1.29, 1.82) is 0 Å². The molecule has 0 unspecified atom stereocenters. The van der Waals surface area contributed by atoms with E-state index in [1.807, 2.05) is 22.6 Å². The van der Waals surface area contributed by atoms with Gasteiger partial charge < -0.3 is 50.0 Å². The molecule has 0 spiro atoms. The Balaban J connectivity index is 2.11. The topological polar surface area (TPSA) is 169 Å². The smallest absolute Gasteiger partial charge is 0.187 e. The quantitative estimate of drug-likeness (QED) is 0.165. The monoisotopic (exact) mass is 452 g/mol. The van der Waals surface area contributed by atoms with Crippen molar-refractivity contribution in [3.05, 3.63) is 0 Å². The van der Waals surface area contributed by atoms with Gasteiger partial charge in [0, 0.05) is 4.43 Å². The second-order valence-electron chi connectivity index (χ2n) is 5.50. The predicted molar refractivity (Wildman–Crippen MR) is 80.4 cm³/mol. The number of hydrogen-bond acceptors (Lipinski definition) is 10. The third kappa shape index (κ3) is 3.95. The molecule has 0 aromatic carbocycles. The predicted octanol–water partition coefficient (Wildman–Crippen LogP) is -3.95. The zero-order valence-corrected chi connectivity index (χ0v) is 14.1. The van der Waals surface area contributed by atoms with Crippen LogP contribution in [0.3, 0.4) is 0 Å². The van der Waals surface area contributed by atoms with Crippen molar-refractivity contribution in [2.24, 2.45) is 0 Å². The van der Waals surface area contributed by atoms with Crippen molar-refractivity contribution in [3.63, 3.8) is 0 Å². The van der Waals surface area contributed by atoms with Crippen LogP contribution in [0.1, 0.15) is 0 Å². The van der Waals surface area contributed by atoms with Crippen LogP contribution in [-0.4, -0.2) is 108 Å². The minimum absolute atomic E-state index is 0.303. The van der Waals surface area contributed by atoms with Crippen LogP contribution < -0.4 is 0 Å². The molecular formula is C12H21IO10. The lowest BCUT2D eigenvalue weighted by atomic mass is 9.97. The molecule has 0 aliphatic carbocycles. The van der Waals surface area contributed by atoms with Gasteiger partial charge in [0.05, 0.1) is 12.7 Å². The minimum atomic E-state index is -1.70. The third-order valence-electron chi connectivity index (χ3n) is 3.95. The van der Waals surface area contributed by atoms with Crippen molar-refractivity contribution in [3.8, 4) is 0 Å². The highest BCUT2D eigenvalue weighted by Gasteiger charge is 2.49. The van der Waals surface area contributed by atoms with Crippen LogP contribution in [0.4, 0.5) is 0 Å². The first-order valence-electron chi connectivity index (χ1n) is 7.03. The Morgan fingerprint density at radius 1 is 0.783 bits per heavy atom. The fourth-order valence-corrected chi connectivity index (χ4v) is 3.27. The average molecular weight is 452 g/mol. The molecule has 0 amide bonds. The van der Waals surface area contributed by atoms with E-state index in [9.17, 15) is 35.7 Å². The van der Waals surface area contributed by atoms with Crippen molar-refractivity contribution in [1.82, 2.24) is 0 Å². The number of hydrogen-bond donors (Lipinski definition) is 7. The lowest BCUT2D eigenvalue weighted by Crippen LogP contribution is -2.64. The van der Waals surface area contributed by atoms with E-state index in [-0.39, 0.29) is 0 Å². The molecule has 7 N–H and O–H groups in total. The summed E-state index contributed by atoms with van der Waals surface area (Å²) in [6, 6.07) is 0. The molecule has 10 atom stereocenters. The lowest BCUT2D eigenvalue weighted by molar-refractivity contribution is -0.351. The van der Waals surface area contributed by atoms with Crippen molar-refractivity contribution in [2.45, 2.75) is 61.4 Å². The van der Waals surface area contributed by atoms with E-state index in [0.29, 0.717) is 4.43 Å². The molecule has 2 saturated heterocycles. The first-order chi connectivity index (χ1) is 10.8. The van der Waals surface area contributed by atoms with Crippen molar-refractivity contribution in [2.75, 3.05) is 11.0 Å². The zero-order chi connectivity index (χ0) is 17.3. The Morgan fingerprint density at radius 3 is 2.00 bits per heavy atom. The molecule has 2 aliphatic rings. The second-order valence-corrected chi connectivity index (χ2v) is 6.38. The van der Waals surface area contributed by atoms with Gasteiger partial charge in [0.1, 0.15) is 42.7 Å². The van der Waals surface area contributed by atoms with Crippen LogP contribution in [0.2, 0.25) is 0 Å². The molecular weight excluding hydrogens is 431 g/mol. The summed E-state index contributed by atoms with van der Waals surface area (Å²) in [5.74, 6) is 0. The van der Waals surface area contributed by atoms with E-state index in [2.05, 4.69) is 0 Å². The van der Waals surface area contributed by atoms with Gasteiger partial charge >= 0.3 is 0 Å². The number of rotatable bonds is 4. The van der Waals surface area contributed by atoms with E-state index in [0.717, 1.165) is 0 Å². The number of alkyl halides is 1. The molecule has 136 valence electrons. The van der Waals surface area contributed by atoms with Crippen LogP contribution in [0.5, 0.6) is 0 Å². The van der Waals surface area contributed by atoms with Gasteiger partial charge in [-0.25, -0.2) is 0 Å². The molecule has 0 aromatic rings. The molecule has 2 fully saturated rings. The molecule has 0 bridgehead atoms. The van der Waals surface area contributed by atoms with Gasteiger partial charge in [-0.15, -0.1) is 0 Å². The normalized spacial score (nSPS) is 51.7. The Hall–Kier alpha value is 0.330. The van der Waals surface area contributed by atoms with Gasteiger partial charge in [-0.05, 0) is 0 Å². The Bertz CT molecular complexity index is 383. The van der Waals surface area contributed by atoms with E-state index in [1.54, 1.807) is 0 Å². The molecule has 0 aromatic heterocycles. The Labute approximate surface area is 145 Å². The van der Waals surface area contributed by atoms with Gasteiger partial charge in [-0.3, -0.25) is 0 Å². The SMILES string of the molecule is OC[C@H]1O[C@@H](O)[C@H](O)[C@@H](O)[C@@H]1O[C@@H]1O[C@H](CI)[C@@H](O)[C@H](O)[C@H]1O. The fourth-order valence-electron chi connectivity index (χ4n) is 2.55. The maximum Gasteiger partial charge on any atom is 0.187 e. The Kier molecular flexibility index (Phi) is 6.95. The van der Waals surface area contributed by atoms with E-state index < -0.39 is 68.0 Å². The van der Waals surface area contributed by atoms with Crippen LogP contribution in [0.25, 0.3) is 0 Å². The largest absolute Gasteiger partial charge is 0.394 e. The summed E-state index contributed by atoms with van der Waals surface area (Å²) < 4.78 is 16.0. The maximum atomic E-state index is 9.99. The highest BCUT2D eigenvalue weighted by atomic mass is 127. The number of aliphatic hydroxyl groups excluding tert-OH is 7. The Morgan fingerprint density at radius 2 is 1.43 bits per heavy atom.